The summed E-state index contributed by atoms with van der Waals surface area (Å²) >= 11 is 0. The molecule has 16 heavy (non-hydrogen) atoms. The number of rotatable bonds is 8. The molecule has 0 spiro atoms. The van der Waals surface area contributed by atoms with Gasteiger partial charge in [0.15, 0.2) is 0 Å². The van der Waals surface area contributed by atoms with Gasteiger partial charge in [-0.05, 0) is 11.8 Å². The van der Waals surface area contributed by atoms with Gasteiger partial charge in [-0.2, -0.15) is 0 Å². The third-order valence-electron chi connectivity index (χ3n) is 4.35. The van der Waals surface area contributed by atoms with Crippen molar-refractivity contribution in [3.8, 4) is 0 Å². The van der Waals surface area contributed by atoms with Gasteiger partial charge in [-0.3, -0.25) is 0 Å². The summed E-state index contributed by atoms with van der Waals surface area (Å²) in [5, 5.41) is 0. The van der Waals surface area contributed by atoms with E-state index < -0.39 is 0 Å². The summed E-state index contributed by atoms with van der Waals surface area (Å²) in [5.74, 6) is 2.11. The van der Waals surface area contributed by atoms with Crippen molar-refractivity contribution in [3.63, 3.8) is 0 Å². The van der Waals surface area contributed by atoms with Gasteiger partial charge in [-0.25, -0.2) is 0 Å². The summed E-state index contributed by atoms with van der Waals surface area (Å²) in [6.45, 7) is 4.72. The number of hydrogen-bond donors (Lipinski definition) is 0. The van der Waals surface area contributed by atoms with E-state index in [-0.39, 0.29) is 0 Å². The Labute approximate surface area is 103 Å². The Morgan fingerprint density at radius 3 is 1.94 bits per heavy atom. The molecule has 1 rings (SSSR count). The van der Waals surface area contributed by atoms with Crippen LogP contribution < -0.4 is 0 Å². The predicted octanol–water partition coefficient (Wildman–Crippen LogP) is 5.95. The first-order valence-corrected chi connectivity index (χ1v) is 7.83. The van der Waals surface area contributed by atoms with Crippen LogP contribution in [0.25, 0.3) is 0 Å². The summed E-state index contributed by atoms with van der Waals surface area (Å²) in [5.41, 5.74) is 0. The summed E-state index contributed by atoms with van der Waals surface area (Å²) in [7, 11) is 0. The first kappa shape index (κ1) is 14.1. The molecule has 0 aliphatic heterocycles. The lowest BCUT2D eigenvalue weighted by atomic mass is 9.80. The Morgan fingerprint density at radius 2 is 1.31 bits per heavy atom. The second-order valence-corrected chi connectivity index (χ2v) is 6.04. The molecule has 0 aromatic carbocycles. The maximum atomic E-state index is 2.42. The fourth-order valence-electron chi connectivity index (χ4n) is 3.01. The smallest absolute Gasteiger partial charge is 0.0414 e. The quantitative estimate of drug-likeness (QED) is 0.447. The van der Waals surface area contributed by atoms with Gasteiger partial charge in [-0.15, -0.1) is 0 Å². The average Bonchev–Trinajstić information content (AvgIpc) is 2.30. The predicted molar refractivity (Wildman–Crippen MR) is 73.7 cm³/mol. The van der Waals surface area contributed by atoms with E-state index in [2.05, 4.69) is 13.8 Å². The van der Waals surface area contributed by atoms with Crippen molar-refractivity contribution in [3.05, 3.63) is 0 Å². The molecule has 0 bridgehead atoms. The minimum Gasteiger partial charge on any atom is -0.0654 e. The van der Waals surface area contributed by atoms with Crippen LogP contribution in [0.5, 0.6) is 0 Å². The highest BCUT2D eigenvalue weighted by Crippen LogP contribution is 2.31. The maximum Gasteiger partial charge on any atom is -0.0414 e. The van der Waals surface area contributed by atoms with E-state index in [4.69, 9.17) is 0 Å². The molecule has 0 saturated heterocycles. The summed E-state index contributed by atoms with van der Waals surface area (Å²) in [6, 6.07) is 0. The molecule has 0 aromatic heterocycles. The van der Waals surface area contributed by atoms with Crippen LogP contribution in [-0.4, -0.2) is 0 Å². The first-order chi connectivity index (χ1) is 7.83. The van der Waals surface area contributed by atoms with E-state index in [1.54, 1.807) is 0 Å². The van der Waals surface area contributed by atoms with Gasteiger partial charge in [0, 0.05) is 0 Å². The van der Waals surface area contributed by atoms with E-state index in [9.17, 15) is 0 Å². The number of hydrogen-bond acceptors (Lipinski definition) is 0. The van der Waals surface area contributed by atoms with Crippen molar-refractivity contribution in [2.75, 3.05) is 0 Å². The molecule has 1 fully saturated rings. The average molecular weight is 224 g/mol. The van der Waals surface area contributed by atoms with Crippen LogP contribution in [0.2, 0.25) is 0 Å². The van der Waals surface area contributed by atoms with Crippen LogP contribution in [0.4, 0.5) is 0 Å². The standard InChI is InChI=1S/C16H32/c1-3-4-5-6-7-8-9-10-16-13-11-15(2)12-14-16/h15-16H,3-14H2,1-2H3. The molecular weight excluding hydrogens is 192 g/mol. The Bertz CT molecular complexity index is 142. The Hall–Kier alpha value is 0. The monoisotopic (exact) mass is 224 g/mol. The van der Waals surface area contributed by atoms with Gasteiger partial charge in [0.2, 0.25) is 0 Å². The highest BCUT2D eigenvalue weighted by molar-refractivity contribution is 4.69. The van der Waals surface area contributed by atoms with Crippen LogP contribution in [0.3, 0.4) is 0 Å². The van der Waals surface area contributed by atoms with Crippen molar-refractivity contribution in [2.24, 2.45) is 11.8 Å². The van der Waals surface area contributed by atoms with Crippen molar-refractivity contribution < 1.29 is 0 Å². The van der Waals surface area contributed by atoms with Gasteiger partial charge in [0.25, 0.3) is 0 Å². The summed E-state index contributed by atoms with van der Waals surface area (Å²) < 4.78 is 0. The molecule has 0 aromatic rings. The van der Waals surface area contributed by atoms with E-state index in [1.165, 1.54) is 77.0 Å². The molecule has 1 aliphatic carbocycles. The lowest BCUT2D eigenvalue weighted by molar-refractivity contribution is 0.271. The minimum atomic E-state index is 1.02. The van der Waals surface area contributed by atoms with Gasteiger partial charge in [0.05, 0.1) is 0 Å². The van der Waals surface area contributed by atoms with Crippen LogP contribution in [0.15, 0.2) is 0 Å². The normalized spacial score (nSPS) is 25.9. The topological polar surface area (TPSA) is 0 Å². The third-order valence-corrected chi connectivity index (χ3v) is 4.35. The lowest BCUT2D eigenvalue weighted by Crippen LogP contribution is -2.12. The molecule has 0 unspecified atom stereocenters. The maximum absolute atomic E-state index is 2.42. The molecule has 96 valence electrons. The Balaban J connectivity index is 1.84. The molecule has 0 N–H and O–H groups in total. The molecule has 0 amide bonds. The number of unbranched alkanes of at least 4 members (excludes halogenated alkanes) is 6. The van der Waals surface area contributed by atoms with Crippen LogP contribution in [0.1, 0.15) is 90.9 Å². The molecule has 1 aliphatic rings. The zero-order valence-corrected chi connectivity index (χ0v) is 11.6. The second-order valence-electron chi connectivity index (χ2n) is 6.04. The fourth-order valence-corrected chi connectivity index (χ4v) is 3.01. The largest absolute Gasteiger partial charge is 0.0654 e. The molecule has 0 radical (unpaired) electrons. The van der Waals surface area contributed by atoms with Crippen molar-refractivity contribution in [1.29, 1.82) is 0 Å². The van der Waals surface area contributed by atoms with Crippen LogP contribution in [0, 0.1) is 11.8 Å². The first-order valence-electron chi connectivity index (χ1n) is 7.83. The highest BCUT2D eigenvalue weighted by Gasteiger charge is 2.17. The van der Waals surface area contributed by atoms with Crippen molar-refractivity contribution in [2.45, 2.75) is 90.9 Å². The lowest BCUT2D eigenvalue weighted by Gasteiger charge is -2.26. The minimum absolute atomic E-state index is 1.02. The SMILES string of the molecule is CCCCCCCCCC1CCC(C)CC1. The molecule has 0 heterocycles. The molecule has 0 nitrogen and oxygen atoms in total. The third kappa shape index (κ3) is 6.55. The van der Waals surface area contributed by atoms with Crippen molar-refractivity contribution >= 4 is 0 Å². The van der Waals surface area contributed by atoms with Gasteiger partial charge < -0.3 is 0 Å². The van der Waals surface area contributed by atoms with E-state index in [0.29, 0.717) is 0 Å². The Kier molecular flexibility index (Phi) is 7.98. The molecule has 1 saturated carbocycles. The summed E-state index contributed by atoms with van der Waals surface area (Å²) in [6.07, 6.45) is 17.8. The Morgan fingerprint density at radius 1 is 0.750 bits per heavy atom. The second kappa shape index (κ2) is 9.07. The fraction of sp³-hybridized carbons (Fsp3) is 1.00. The molecule has 0 heteroatoms. The van der Waals surface area contributed by atoms with E-state index in [0.717, 1.165) is 11.8 Å². The van der Waals surface area contributed by atoms with Gasteiger partial charge in [0.1, 0.15) is 0 Å². The van der Waals surface area contributed by atoms with Gasteiger partial charge >= 0.3 is 0 Å². The summed E-state index contributed by atoms with van der Waals surface area (Å²) in [4.78, 5) is 0. The van der Waals surface area contributed by atoms with Gasteiger partial charge in [-0.1, -0.05) is 90.9 Å². The highest BCUT2D eigenvalue weighted by atomic mass is 14.2. The van der Waals surface area contributed by atoms with E-state index in [1.807, 2.05) is 0 Å². The zero-order chi connectivity index (χ0) is 11.6. The van der Waals surface area contributed by atoms with Crippen LogP contribution >= 0.6 is 0 Å². The van der Waals surface area contributed by atoms with Crippen LogP contribution in [-0.2, 0) is 0 Å². The molecular formula is C16H32. The van der Waals surface area contributed by atoms with Crippen molar-refractivity contribution in [1.82, 2.24) is 0 Å². The molecule has 0 atom stereocenters. The van der Waals surface area contributed by atoms with E-state index >= 15 is 0 Å². The zero-order valence-electron chi connectivity index (χ0n) is 11.6.